The molecule has 0 radical (unpaired) electrons. The van der Waals surface area contributed by atoms with Crippen LogP contribution in [0, 0.1) is 5.92 Å². The van der Waals surface area contributed by atoms with Gasteiger partial charge >= 0.3 is 0 Å². The molecule has 2 atom stereocenters. The summed E-state index contributed by atoms with van der Waals surface area (Å²) in [6.45, 7) is 12.6. The number of carbonyl (C=O) groups is 2. The minimum atomic E-state index is -0.993. The van der Waals surface area contributed by atoms with Crippen LogP contribution in [0.4, 0.5) is 0 Å². The second kappa shape index (κ2) is 5.33. The Morgan fingerprint density at radius 2 is 2.11 bits per heavy atom. The predicted molar refractivity (Wildman–Crippen MR) is 75.4 cm³/mol. The van der Waals surface area contributed by atoms with Crippen molar-refractivity contribution in [2.75, 3.05) is 13.1 Å². The van der Waals surface area contributed by atoms with Crippen LogP contribution < -0.4 is 11.1 Å². The normalized spacial score (nSPS) is 28.1. The molecule has 0 bridgehead atoms. The third-order valence-corrected chi connectivity index (χ3v) is 3.82. The van der Waals surface area contributed by atoms with Crippen LogP contribution >= 0.6 is 0 Å². The first kappa shape index (κ1) is 15.7. The van der Waals surface area contributed by atoms with Crippen LogP contribution in [0.5, 0.6) is 0 Å². The molecule has 1 aliphatic rings. The molecule has 5 heteroatoms. The van der Waals surface area contributed by atoms with Crippen molar-refractivity contribution in [1.82, 2.24) is 10.2 Å². The second-order valence-electron chi connectivity index (χ2n) is 6.29. The van der Waals surface area contributed by atoms with Crippen LogP contribution in [0.15, 0.2) is 12.7 Å². The molecule has 0 aromatic heterocycles. The third kappa shape index (κ3) is 3.15. The van der Waals surface area contributed by atoms with Crippen LogP contribution in [0.1, 0.15) is 34.1 Å². The average molecular weight is 267 g/mol. The van der Waals surface area contributed by atoms with E-state index >= 15 is 0 Å². The van der Waals surface area contributed by atoms with Crippen LogP contribution in [-0.2, 0) is 9.59 Å². The van der Waals surface area contributed by atoms with E-state index < -0.39 is 11.4 Å². The molecule has 2 amide bonds. The summed E-state index contributed by atoms with van der Waals surface area (Å²) in [7, 11) is 0. The molecular weight excluding hydrogens is 242 g/mol. The maximum atomic E-state index is 12.0. The number of hydrogen-bond acceptors (Lipinski definition) is 3. The Kier molecular flexibility index (Phi) is 4.40. The van der Waals surface area contributed by atoms with Gasteiger partial charge in [-0.15, -0.1) is 6.58 Å². The number of nitrogens with zero attached hydrogens (tertiary/aromatic N) is 1. The summed E-state index contributed by atoms with van der Waals surface area (Å²) in [5.41, 5.74) is 4.53. The van der Waals surface area contributed by atoms with Gasteiger partial charge in [-0.2, -0.15) is 0 Å². The average Bonchev–Trinajstić information content (AvgIpc) is 2.58. The summed E-state index contributed by atoms with van der Waals surface area (Å²) < 4.78 is 0. The molecule has 0 aromatic carbocycles. The van der Waals surface area contributed by atoms with Crippen molar-refractivity contribution < 1.29 is 9.59 Å². The van der Waals surface area contributed by atoms with E-state index in [4.69, 9.17) is 5.73 Å². The van der Waals surface area contributed by atoms with Gasteiger partial charge in [0.05, 0.1) is 0 Å². The van der Waals surface area contributed by atoms with Crippen molar-refractivity contribution in [3.63, 3.8) is 0 Å². The van der Waals surface area contributed by atoms with Crippen molar-refractivity contribution in [3.05, 3.63) is 12.7 Å². The van der Waals surface area contributed by atoms with E-state index in [1.807, 2.05) is 0 Å². The summed E-state index contributed by atoms with van der Waals surface area (Å²) >= 11 is 0. The largest absolute Gasteiger partial charge is 0.368 e. The Labute approximate surface area is 115 Å². The molecule has 1 aliphatic heterocycles. The molecule has 1 fully saturated rings. The fourth-order valence-corrected chi connectivity index (χ4v) is 2.70. The first-order valence-corrected chi connectivity index (χ1v) is 6.58. The molecule has 1 heterocycles. The quantitative estimate of drug-likeness (QED) is 0.734. The van der Waals surface area contributed by atoms with Crippen molar-refractivity contribution in [2.24, 2.45) is 11.7 Å². The standard InChI is InChI=1S/C14H25N3O2/c1-6-7-11-8-17(13(3,4)5)9-14(11,12(15)19)16-10(2)18/h6,11H,1,7-9H2,2-5H3,(H2,15,19)(H,16,18)/t11-,14-/m0/s1. The van der Waals surface area contributed by atoms with Crippen molar-refractivity contribution in [3.8, 4) is 0 Å². The topological polar surface area (TPSA) is 75.4 Å². The third-order valence-electron chi connectivity index (χ3n) is 3.82. The van der Waals surface area contributed by atoms with Crippen LogP contribution in [0.3, 0.4) is 0 Å². The number of nitrogens with two attached hydrogens (primary N) is 1. The van der Waals surface area contributed by atoms with E-state index in [2.05, 4.69) is 37.6 Å². The highest BCUT2D eigenvalue weighted by molar-refractivity contribution is 5.91. The fraction of sp³-hybridized carbons (Fsp3) is 0.714. The lowest BCUT2D eigenvalue weighted by Crippen LogP contribution is -2.62. The Morgan fingerprint density at radius 1 is 1.53 bits per heavy atom. The van der Waals surface area contributed by atoms with Gasteiger partial charge in [0.25, 0.3) is 0 Å². The van der Waals surface area contributed by atoms with E-state index in [0.717, 1.165) is 6.54 Å². The number of primary amides is 1. The zero-order valence-electron chi connectivity index (χ0n) is 12.3. The first-order chi connectivity index (χ1) is 8.63. The number of nitrogens with one attached hydrogen (secondary N) is 1. The molecule has 0 aliphatic carbocycles. The maximum Gasteiger partial charge on any atom is 0.244 e. The molecule has 0 unspecified atom stereocenters. The Morgan fingerprint density at radius 3 is 2.47 bits per heavy atom. The van der Waals surface area contributed by atoms with Gasteiger partial charge in [0.2, 0.25) is 11.8 Å². The lowest BCUT2D eigenvalue weighted by atomic mass is 9.84. The summed E-state index contributed by atoms with van der Waals surface area (Å²) in [6.07, 6.45) is 2.42. The van der Waals surface area contributed by atoms with Crippen LogP contribution in [0.25, 0.3) is 0 Å². The highest BCUT2D eigenvalue weighted by Gasteiger charge is 2.53. The lowest BCUT2D eigenvalue weighted by Gasteiger charge is -2.34. The van der Waals surface area contributed by atoms with Gasteiger partial charge in [-0.1, -0.05) is 6.08 Å². The molecule has 0 saturated carbocycles. The van der Waals surface area contributed by atoms with Crippen molar-refractivity contribution in [1.29, 1.82) is 0 Å². The van der Waals surface area contributed by atoms with Gasteiger partial charge < -0.3 is 11.1 Å². The lowest BCUT2D eigenvalue weighted by molar-refractivity contribution is -0.131. The van der Waals surface area contributed by atoms with Gasteiger partial charge in [-0.25, -0.2) is 0 Å². The predicted octanol–water partition coefficient (Wildman–Crippen LogP) is 0.653. The van der Waals surface area contributed by atoms with Gasteiger partial charge in [0.15, 0.2) is 0 Å². The molecule has 0 spiro atoms. The molecule has 5 nitrogen and oxygen atoms in total. The molecule has 3 N–H and O–H groups in total. The molecular formula is C14H25N3O2. The monoisotopic (exact) mass is 267 g/mol. The van der Waals surface area contributed by atoms with E-state index in [1.54, 1.807) is 6.08 Å². The maximum absolute atomic E-state index is 12.0. The fourth-order valence-electron chi connectivity index (χ4n) is 2.70. The summed E-state index contributed by atoms with van der Waals surface area (Å²) in [5.74, 6) is -0.740. The molecule has 0 aromatic rings. The first-order valence-electron chi connectivity index (χ1n) is 6.58. The van der Waals surface area contributed by atoms with Gasteiger partial charge in [0, 0.05) is 31.5 Å². The SMILES string of the molecule is C=CC[C@H]1CN(C(C)(C)C)C[C@@]1(NC(C)=O)C(N)=O. The van der Waals surface area contributed by atoms with E-state index in [9.17, 15) is 9.59 Å². The Hall–Kier alpha value is -1.36. The second-order valence-corrected chi connectivity index (χ2v) is 6.29. The number of amides is 2. The van der Waals surface area contributed by atoms with E-state index in [1.165, 1.54) is 6.92 Å². The summed E-state index contributed by atoms with van der Waals surface area (Å²) in [6, 6.07) is 0. The smallest absolute Gasteiger partial charge is 0.244 e. The summed E-state index contributed by atoms with van der Waals surface area (Å²) in [5, 5.41) is 2.79. The molecule has 108 valence electrons. The van der Waals surface area contributed by atoms with Gasteiger partial charge in [-0.3, -0.25) is 14.5 Å². The van der Waals surface area contributed by atoms with Crippen LogP contribution in [-0.4, -0.2) is 40.9 Å². The highest BCUT2D eigenvalue weighted by Crippen LogP contribution is 2.34. The number of allylic oxidation sites excluding steroid dienone is 1. The number of carbonyl (C=O) groups excluding carboxylic acids is 2. The zero-order valence-corrected chi connectivity index (χ0v) is 12.3. The minimum Gasteiger partial charge on any atom is -0.368 e. The van der Waals surface area contributed by atoms with E-state index in [0.29, 0.717) is 13.0 Å². The Balaban J connectivity index is 3.13. The van der Waals surface area contributed by atoms with Crippen LogP contribution in [0.2, 0.25) is 0 Å². The Bertz CT molecular complexity index is 387. The number of hydrogen-bond donors (Lipinski definition) is 2. The highest BCUT2D eigenvalue weighted by atomic mass is 16.2. The minimum absolute atomic E-state index is 0.0365. The zero-order chi connectivity index (χ0) is 14.8. The summed E-state index contributed by atoms with van der Waals surface area (Å²) in [4.78, 5) is 25.6. The van der Waals surface area contributed by atoms with E-state index in [-0.39, 0.29) is 17.4 Å². The molecule has 1 saturated heterocycles. The molecule has 1 rings (SSSR count). The van der Waals surface area contributed by atoms with Gasteiger partial charge in [-0.05, 0) is 27.2 Å². The van der Waals surface area contributed by atoms with Gasteiger partial charge in [0.1, 0.15) is 5.54 Å². The number of likely N-dealkylation sites (tertiary alicyclic amines) is 1. The molecule has 19 heavy (non-hydrogen) atoms. The van der Waals surface area contributed by atoms with Crippen molar-refractivity contribution in [2.45, 2.75) is 45.2 Å². The van der Waals surface area contributed by atoms with Crippen molar-refractivity contribution >= 4 is 11.8 Å². The number of rotatable bonds is 4.